The van der Waals surface area contributed by atoms with Gasteiger partial charge < -0.3 is 9.88 Å². The van der Waals surface area contributed by atoms with Crippen LogP contribution >= 0.6 is 27.3 Å². The molecule has 142 valence electrons. The first-order valence-corrected chi connectivity index (χ1v) is 10.2. The summed E-state index contributed by atoms with van der Waals surface area (Å²) in [6.07, 6.45) is 0. The van der Waals surface area contributed by atoms with Crippen LogP contribution in [0.2, 0.25) is 0 Å². The quantitative estimate of drug-likeness (QED) is 0.405. The summed E-state index contributed by atoms with van der Waals surface area (Å²) in [7, 11) is 0. The van der Waals surface area contributed by atoms with E-state index in [4.69, 9.17) is 0 Å². The van der Waals surface area contributed by atoms with E-state index < -0.39 is 0 Å². The molecule has 0 saturated carbocycles. The van der Waals surface area contributed by atoms with Crippen LogP contribution < -0.4 is 5.32 Å². The minimum Gasteiger partial charge on any atom is -0.347 e. The molecule has 7 heteroatoms. The molecule has 0 aliphatic carbocycles. The van der Waals surface area contributed by atoms with Crippen LogP contribution in [0.3, 0.4) is 0 Å². The van der Waals surface area contributed by atoms with Crippen molar-refractivity contribution in [2.75, 3.05) is 0 Å². The van der Waals surface area contributed by atoms with Crippen molar-refractivity contribution in [2.45, 2.75) is 13.1 Å². The predicted molar refractivity (Wildman–Crippen MR) is 111 cm³/mol. The maximum absolute atomic E-state index is 13.6. The highest BCUT2D eigenvalue weighted by Gasteiger charge is 2.19. The zero-order chi connectivity index (χ0) is 19.7. The van der Waals surface area contributed by atoms with Gasteiger partial charge in [-0.15, -0.1) is 11.3 Å². The molecule has 0 saturated heterocycles. The molecule has 2 aromatic carbocycles. The van der Waals surface area contributed by atoms with Crippen molar-refractivity contribution in [3.8, 4) is 0 Å². The van der Waals surface area contributed by atoms with Crippen molar-refractivity contribution in [1.29, 1.82) is 0 Å². The molecule has 4 rings (SSSR count). The van der Waals surface area contributed by atoms with E-state index in [0.717, 1.165) is 20.3 Å². The summed E-state index contributed by atoms with van der Waals surface area (Å²) < 4.78 is 30.7. The Kier molecular flexibility index (Phi) is 5.28. The van der Waals surface area contributed by atoms with Crippen molar-refractivity contribution in [1.82, 2.24) is 9.88 Å². The Bertz CT molecular complexity index is 1170. The van der Waals surface area contributed by atoms with Gasteiger partial charge in [0, 0.05) is 18.5 Å². The number of carbonyl (C=O) groups is 1. The second-order valence-corrected chi connectivity index (χ2v) is 8.12. The summed E-state index contributed by atoms with van der Waals surface area (Å²) in [5, 5.41) is 4.80. The van der Waals surface area contributed by atoms with Gasteiger partial charge >= 0.3 is 0 Å². The van der Waals surface area contributed by atoms with Gasteiger partial charge in [-0.3, -0.25) is 4.79 Å². The highest BCUT2D eigenvalue weighted by atomic mass is 79.9. The van der Waals surface area contributed by atoms with E-state index in [0.29, 0.717) is 17.8 Å². The summed E-state index contributed by atoms with van der Waals surface area (Å²) >= 11 is 5.06. The van der Waals surface area contributed by atoms with Crippen LogP contribution in [0.1, 0.15) is 21.6 Å². The van der Waals surface area contributed by atoms with Crippen LogP contribution in [0.4, 0.5) is 8.78 Å². The highest BCUT2D eigenvalue weighted by Crippen LogP contribution is 2.34. The maximum Gasteiger partial charge on any atom is 0.268 e. The van der Waals surface area contributed by atoms with Crippen molar-refractivity contribution in [3.63, 3.8) is 0 Å². The van der Waals surface area contributed by atoms with Gasteiger partial charge in [-0.2, -0.15) is 0 Å². The van der Waals surface area contributed by atoms with Gasteiger partial charge in [0.05, 0.1) is 14.7 Å². The molecular formula is C21H15BrF2N2OS. The maximum atomic E-state index is 13.6. The van der Waals surface area contributed by atoms with E-state index in [1.807, 2.05) is 22.1 Å². The van der Waals surface area contributed by atoms with Crippen molar-refractivity contribution in [3.05, 3.63) is 92.9 Å². The molecule has 0 bridgehead atoms. The molecule has 1 amide bonds. The Hall–Kier alpha value is -2.51. The number of thiophene rings is 1. The molecule has 3 nitrogen and oxygen atoms in total. The second-order valence-electron chi connectivity index (χ2n) is 6.35. The van der Waals surface area contributed by atoms with E-state index in [2.05, 4.69) is 21.2 Å². The molecule has 28 heavy (non-hydrogen) atoms. The summed E-state index contributed by atoms with van der Waals surface area (Å²) in [5.74, 6) is -0.927. The Morgan fingerprint density at radius 1 is 1.04 bits per heavy atom. The topological polar surface area (TPSA) is 34.0 Å². The third kappa shape index (κ3) is 3.86. The zero-order valence-corrected chi connectivity index (χ0v) is 17.0. The smallest absolute Gasteiger partial charge is 0.268 e. The van der Waals surface area contributed by atoms with Gasteiger partial charge in [-0.25, -0.2) is 8.78 Å². The molecule has 2 heterocycles. The minimum atomic E-state index is -0.342. The van der Waals surface area contributed by atoms with Gasteiger partial charge in [-0.1, -0.05) is 24.3 Å². The number of aromatic nitrogens is 1. The molecule has 0 fully saturated rings. The number of rotatable bonds is 5. The van der Waals surface area contributed by atoms with Gasteiger partial charge in [0.25, 0.3) is 5.91 Å². The van der Waals surface area contributed by atoms with E-state index in [-0.39, 0.29) is 24.1 Å². The van der Waals surface area contributed by atoms with Gasteiger partial charge in [0.1, 0.15) is 17.3 Å². The first-order valence-electron chi connectivity index (χ1n) is 8.54. The molecule has 0 aliphatic rings. The molecule has 0 aliphatic heterocycles. The number of hydrogen-bond acceptors (Lipinski definition) is 2. The summed E-state index contributed by atoms with van der Waals surface area (Å²) in [6.45, 7) is 0.579. The monoisotopic (exact) mass is 460 g/mol. The Balaban J connectivity index is 1.65. The van der Waals surface area contributed by atoms with Gasteiger partial charge in [0.15, 0.2) is 0 Å². The lowest BCUT2D eigenvalue weighted by atomic mass is 10.2. The minimum absolute atomic E-state index is 0.219. The van der Waals surface area contributed by atoms with Crippen molar-refractivity contribution >= 4 is 43.4 Å². The van der Waals surface area contributed by atoms with Crippen LogP contribution in [-0.2, 0) is 13.1 Å². The van der Waals surface area contributed by atoms with Crippen LogP contribution in [0, 0.1) is 11.6 Å². The third-order valence-corrected chi connectivity index (χ3v) is 6.21. The third-order valence-electron chi connectivity index (χ3n) is 4.38. The molecule has 0 unspecified atom stereocenters. The number of nitrogens with one attached hydrogen (secondary N) is 1. The van der Waals surface area contributed by atoms with Crippen LogP contribution in [-0.4, -0.2) is 10.5 Å². The summed E-state index contributed by atoms with van der Waals surface area (Å²) in [5.41, 5.74) is 2.81. The lowest BCUT2D eigenvalue weighted by Gasteiger charge is -2.12. The average Bonchev–Trinajstić information content (AvgIpc) is 3.20. The number of carbonyl (C=O) groups excluding carboxylic acids is 1. The Morgan fingerprint density at radius 3 is 2.43 bits per heavy atom. The van der Waals surface area contributed by atoms with Crippen molar-refractivity contribution < 1.29 is 13.6 Å². The fourth-order valence-electron chi connectivity index (χ4n) is 3.12. The molecule has 0 spiro atoms. The van der Waals surface area contributed by atoms with Crippen LogP contribution in [0.15, 0.2) is 64.5 Å². The molecule has 0 atom stereocenters. The highest BCUT2D eigenvalue weighted by molar-refractivity contribution is 9.10. The van der Waals surface area contributed by atoms with Gasteiger partial charge in [-0.05, 0) is 57.4 Å². The molecular weight excluding hydrogens is 446 g/mol. The van der Waals surface area contributed by atoms with E-state index in [9.17, 15) is 13.6 Å². The van der Waals surface area contributed by atoms with E-state index >= 15 is 0 Å². The van der Waals surface area contributed by atoms with E-state index in [1.54, 1.807) is 18.2 Å². The molecule has 1 N–H and O–H groups in total. The predicted octanol–water partition coefficient (Wildman–Crippen LogP) is 5.72. The molecule has 4 aromatic rings. The number of halogens is 3. The number of nitrogens with zero attached hydrogens (tertiary/aromatic N) is 1. The van der Waals surface area contributed by atoms with Gasteiger partial charge in [0.2, 0.25) is 0 Å². The number of benzene rings is 2. The normalized spacial score (nSPS) is 11.1. The standard InChI is InChI=1S/C21H15BrF2N2OS/c22-17-12-28-19-9-18(21(27)25-10-13-3-1-5-15(23)7-13)26(20(17)19)11-14-4-2-6-16(24)8-14/h1-9,12H,10-11H2,(H,25,27). The Morgan fingerprint density at radius 2 is 1.71 bits per heavy atom. The fraction of sp³-hybridized carbons (Fsp3) is 0.0952. The summed E-state index contributed by atoms with van der Waals surface area (Å²) in [4.78, 5) is 12.8. The second kappa shape index (κ2) is 7.85. The van der Waals surface area contributed by atoms with Crippen LogP contribution in [0.5, 0.6) is 0 Å². The number of amides is 1. The fourth-order valence-corrected chi connectivity index (χ4v) is 4.81. The number of hydrogen-bond donors (Lipinski definition) is 1. The van der Waals surface area contributed by atoms with Crippen molar-refractivity contribution in [2.24, 2.45) is 0 Å². The van der Waals surface area contributed by atoms with Crippen LogP contribution in [0.25, 0.3) is 10.2 Å². The average molecular weight is 461 g/mol. The summed E-state index contributed by atoms with van der Waals surface area (Å²) in [6, 6.07) is 14.3. The lowest BCUT2D eigenvalue weighted by Crippen LogP contribution is -2.25. The Labute approximate surface area is 172 Å². The number of fused-ring (bicyclic) bond motifs is 1. The SMILES string of the molecule is O=C(NCc1cccc(F)c1)c1cc2scc(Br)c2n1Cc1cccc(F)c1. The molecule has 0 radical (unpaired) electrons. The first kappa shape index (κ1) is 18.8. The first-order chi connectivity index (χ1) is 13.5. The van der Waals surface area contributed by atoms with E-state index in [1.165, 1.54) is 35.6 Å². The largest absolute Gasteiger partial charge is 0.347 e. The zero-order valence-electron chi connectivity index (χ0n) is 14.6. The lowest BCUT2D eigenvalue weighted by molar-refractivity contribution is 0.0942. The molecule has 2 aromatic heterocycles.